The molecule has 1 fully saturated rings. The summed E-state index contributed by atoms with van der Waals surface area (Å²) < 4.78 is 11.2. The summed E-state index contributed by atoms with van der Waals surface area (Å²) in [5.74, 6) is -0.636. The van der Waals surface area contributed by atoms with Crippen LogP contribution < -0.4 is 20.1 Å². The van der Waals surface area contributed by atoms with Crippen molar-refractivity contribution in [1.82, 2.24) is 9.88 Å². The molecule has 0 spiro atoms. The molecule has 1 aliphatic heterocycles. The molecule has 4 rings (SSSR count). The Labute approximate surface area is 230 Å². The molecule has 1 saturated heterocycles. The van der Waals surface area contributed by atoms with Crippen molar-refractivity contribution in [3.05, 3.63) is 76.4 Å². The number of amides is 3. The summed E-state index contributed by atoms with van der Waals surface area (Å²) in [6, 6.07) is 13.4. The number of anilines is 2. The zero-order valence-corrected chi connectivity index (χ0v) is 22.3. The molecule has 11 heteroatoms. The number of carboxylic acids is 1. The smallest absolute Gasteiger partial charge is 0.337 e. The van der Waals surface area contributed by atoms with Gasteiger partial charge in [-0.2, -0.15) is 0 Å². The van der Waals surface area contributed by atoms with Gasteiger partial charge < -0.3 is 30.1 Å². The van der Waals surface area contributed by atoms with Crippen LogP contribution in [0.1, 0.15) is 34.3 Å². The molecule has 0 radical (unpaired) electrons. The van der Waals surface area contributed by atoms with E-state index in [1.54, 1.807) is 23.1 Å². The minimum absolute atomic E-state index is 0.0337. The summed E-state index contributed by atoms with van der Waals surface area (Å²) in [5, 5.41) is 14.8. The number of nitrogens with one attached hydrogen (secondary N) is 2. The minimum Gasteiger partial charge on any atom is -0.495 e. The second-order valence-corrected chi connectivity index (χ2v) is 9.52. The van der Waals surface area contributed by atoms with E-state index in [1.807, 2.05) is 31.2 Å². The number of urea groups is 1. The Morgan fingerprint density at radius 3 is 2.62 bits per heavy atom. The monoisotopic (exact) mass is 552 g/mol. The van der Waals surface area contributed by atoms with Crippen molar-refractivity contribution >= 4 is 40.9 Å². The number of para-hydroxylation sites is 1. The number of aromatic carboxylic acids is 1. The largest absolute Gasteiger partial charge is 0.495 e. The van der Waals surface area contributed by atoms with Gasteiger partial charge in [0, 0.05) is 18.4 Å². The zero-order valence-electron chi connectivity index (χ0n) is 21.6. The van der Waals surface area contributed by atoms with Crippen LogP contribution in [0.3, 0.4) is 0 Å². The maximum Gasteiger partial charge on any atom is 0.337 e. The van der Waals surface area contributed by atoms with Crippen molar-refractivity contribution in [1.29, 1.82) is 0 Å². The Hall–Kier alpha value is -4.31. The van der Waals surface area contributed by atoms with Crippen LogP contribution in [0.4, 0.5) is 16.2 Å². The molecule has 10 nitrogen and oxygen atoms in total. The number of carbonyl (C=O) groups is 3. The molecular weight excluding hydrogens is 524 g/mol. The van der Waals surface area contributed by atoms with Crippen LogP contribution in [0.25, 0.3) is 0 Å². The van der Waals surface area contributed by atoms with Gasteiger partial charge in [0.05, 0.1) is 30.8 Å². The molecule has 1 aromatic heterocycles. The van der Waals surface area contributed by atoms with Gasteiger partial charge in [0.15, 0.2) is 0 Å². The third kappa shape index (κ3) is 6.97. The maximum absolute atomic E-state index is 13.2. The number of rotatable bonds is 9. The number of pyridine rings is 1. The number of carboxylic acid groups (broad SMARTS) is 1. The molecule has 3 aromatic rings. The fourth-order valence-corrected chi connectivity index (χ4v) is 4.60. The van der Waals surface area contributed by atoms with Gasteiger partial charge in [-0.1, -0.05) is 35.9 Å². The van der Waals surface area contributed by atoms with Crippen molar-refractivity contribution in [3.8, 4) is 11.6 Å². The van der Waals surface area contributed by atoms with Crippen molar-refractivity contribution in [2.45, 2.75) is 32.2 Å². The number of halogens is 1. The van der Waals surface area contributed by atoms with Gasteiger partial charge in [0.2, 0.25) is 11.8 Å². The lowest BCUT2D eigenvalue weighted by atomic mass is 10.1. The SMILES string of the molecule is COc1cc(CC(=O)N2CCCC2COc2ncc(C(=O)O)cc2Cl)ccc1NC(=O)Nc1ccccc1C. The first-order chi connectivity index (χ1) is 18.7. The highest BCUT2D eigenvalue weighted by molar-refractivity contribution is 6.32. The van der Waals surface area contributed by atoms with Gasteiger partial charge in [-0.25, -0.2) is 14.6 Å². The van der Waals surface area contributed by atoms with E-state index in [2.05, 4.69) is 15.6 Å². The van der Waals surface area contributed by atoms with Crippen LogP contribution in [-0.2, 0) is 11.2 Å². The van der Waals surface area contributed by atoms with E-state index >= 15 is 0 Å². The highest BCUT2D eigenvalue weighted by atomic mass is 35.5. The van der Waals surface area contributed by atoms with E-state index in [1.165, 1.54) is 19.4 Å². The molecule has 1 unspecified atom stereocenters. The van der Waals surface area contributed by atoms with Gasteiger partial charge in [-0.3, -0.25) is 4.79 Å². The van der Waals surface area contributed by atoms with Crippen LogP contribution in [0.15, 0.2) is 54.7 Å². The number of carbonyl (C=O) groups excluding carboxylic acids is 2. The standard InChI is InChI=1S/C28H29ClN4O6/c1-17-6-3-4-8-22(17)31-28(37)32-23-10-9-18(12-24(23)38-2)13-25(34)33-11-5-7-20(33)16-39-26-21(29)14-19(15-30-26)27(35)36/h3-4,6,8-10,12,14-15,20H,5,7,11,13,16H2,1-2H3,(H,35,36)(H2,31,32,37). The first-order valence-corrected chi connectivity index (χ1v) is 12.7. The topological polar surface area (TPSA) is 130 Å². The number of likely N-dealkylation sites (tertiary alicyclic amines) is 1. The maximum atomic E-state index is 13.2. The van der Waals surface area contributed by atoms with Gasteiger partial charge in [0.1, 0.15) is 17.4 Å². The minimum atomic E-state index is -1.13. The van der Waals surface area contributed by atoms with E-state index in [9.17, 15) is 14.4 Å². The van der Waals surface area contributed by atoms with Crippen molar-refractivity contribution in [3.63, 3.8) is 0 Å². The lowest BCUT2D eigenvalue weighted by molar-refractivity contribution is -0.131. The molecular formula is C28H29ClN4O6. The average Bonchev–Trinajstić information content (AvgIpc) is 3.39. The lowest BCUT2D eigenvalue weighted by Crippen LogP contribution is -2.40. The predicted octanol–water partition coefficient (Wildman–Crippen LogP) is 5.01. The first kappa shape index (κ1) is 27.7. The summed E-state index contributed by atoms with van der Waals surface area (Å²) in [6.45, 7) is 2.69. The van der Waals surface area contributed by atoms with E-state index in [-0.39, 0.29) is 41.4 Å². The fraction of sp³-hybridized carbons (Fsp3) is 0.286. The molecule has 3 N–H and O–H groups in total. The molecule has 1 aliphatic rings. The Morgan fingerprint density at radius 2 is 1.90 bits per heavy atom. The van der Waals surface area contributed by atoms with Crippen molar-refractivity contribution in [2.75, 3.05) is 30.9 Å². The van der Waals surface area contributed by atoms with Gasteiger partial charge in [-0.15, -0.1) is 0 Å². The molecule has 2 heterocycles. The van der Waals surface area contributed by atoms with Gasteiger partial charge in [0.25, 0.3) is 0 Å². The highest BCUT2D eigenvalue weighted by Gasteiger charge is 2.29. The number of ether oxygens (including phenoxy) is 2. The van der Waals surface area contributed by atoms with E-state index in [4.69, 9.17) is 26.2 Å². The van der Waals surface area contributed by atoms with E-state index < -0.39 is 12.0 Å². The Bertz CT molecular complexity index is 1380. The lowest BCUT2D eigenvalue weighted by Gasteiger charge is -2.25. The quantitative estimate of drug-likeness (QED) is 0.340. The third-order valence-corrected chi connectivity index (χ3v) is 6.70. The van der Waals surface area contributed by atoms with Crippen molar-refractivity contribution < 1.29 is 29.0 Å². The first-order valence-electron chi connectivity index (χ1n) is 12.4. The molecule has 2 aromatic carbocycles. The Morgan fingerprint density at radius 1 is 1.13 bits per heavy atom. The number of hydrogen-bond acceptors (Lipinski definition) is 6. The third-order valence-electron chi connectivity index (χ3n) is 6.43. The fourth-order valence-electron chi connectivity index (χ4n) is 4.38. The van der Waals surface area contributed by atoms with Crippen molar-refractivity contribution in [2.24, 2.45) is 0 Å². The zero-order chi connectivity index (χ0) is 27.9. The van der Waals surface area contributed by atoms with Crippen LogP contribution in [0, 0.1) is 6.92 Å². The summed E-state index contributed by atoms with van der Waals surface area (Å²) in [5.41, 5.74) is 2.83. The number of methoxy groups -OCH3 is 1. The molecule has 0 bridgehead atoms. The number of nitrogens with zero attached hydrogens (tertiary/aromatic N) is 2. The second-order valence-electron chi connectivity index (χ2n) is 9.12. The summed E-state index contributed by atoms with van der Waals surface area (Å²) >= 11 is 6.11. The normalized spacial score (nSPS) is 14.5. The van der Waals surface area contributed by atoms with Crippen LogP contribution in [-0.4, -0.2) is 59.2 Å². The number of aromatic nitrogens is 1. The second kappa shape index (κ2) is 12.5. The molecule has 3 amide bonds. The molecule has 1 atom stereocenters. The van der Waals surface area contributed by atoms with Gasteiger partial charge in [-0.05, 0) is 55.2 Å². The number of hydrogen-bond donors (Lipinski definition) is 3. The highest BCUT2D eigenvalue weighted by Crippen LogP contribution is 2.28. The molecule has 204 valence electrons. The van der Waals surface area contributed by atoms with Crippen LogP contribution in [0.2, 0.25) is 5.02 Å². The average molecular weight is 553 g/mol. The van der Waals surface area contributed by atoms with Gasteiger partial charge >= 0.3 is 12.0 Å². The van der Waals surface area contributed by atoms with Crippen LogP contribution >= 0.6 is 11.6 Å². The number of aryl methyl sites for hydroxylation is 1. The summed E-state index contributed by atoms with van der Waals surface area (Å²) in [6.07, 6.45) is 2.92. The Balaban J connectivity index is 1.36. The predicted molar refractivity (Wildman–Crippen MR) is 147 cm³/mol. The summed E-state index contributed by atoms with van der Waals surface area (Å²) in [7, 11) is 1.50. The molecule has 39 heavy (non-hydrogen) atoms. The Kier molecular flexibility index (Phi) is 8.88. The molecule has 0 aliphatic carbocycles. The molecule has 0 saturated carbocycles. The number of benzene rings is 2. The van der Waals surface area contributed by atoms with Crippen LogP contribution in [0.5, 0.6) is 11.6 Å². The summed E-state index contributed by atoms with van der Waals surface area (Å²) in [4.78, 5) is 42.5. The van der Waals surface area contributed by atoms with E-state index in [0.717, 1.165) is 24.0 Å². The van der Waals surface area contributed by atoms with E-state index in [0.29, 0.717) is 23.7 Å².